The van der Waals surface area contributed by atoms with Gasteiger partial charge in [0, 0.05) is 11.3 Å². The maximum atomic E-state index is 12.3. The molecule has 0 spiro atoms. The molecular weight excluding hydrogens is 342 g/mol. The van der Waals surface area contributed by atoms with E-state index in [4.69, 9.17) is 4.74 Å². The normalized spacial score (nSPS) is 12.2. The first-order valence-corrected chi connectivity index (χ1v) is 8.81. The first kappa shape index (κ1) is 20.4. The van der Waals surface area contributed by atoms with Crippen molar-refractivity contribution < 1.29 is 19.1 Å². The minimum absolute atomic E-state index is 0.00640. The summed E-state index contributed by atoms with van der Waals surface area (Å²) in [6, 6.07) is 13.7. The number of ketones is 1. The van der Waals surface area contributed by atoms with Gasteiger partial charge in [0.05, 0.1) is 5.56 Å². The van der Waals surface area contributed by atoms with E-state index in [2.05, 4.69) is 26.1 Å². The van der Waals surface area contributed by atoms with Crippen LogP contribution in [0.4, 0.5) is 5.69 Å². The van der Waals surface area contributed by atoms with Crippen LogP contribution in [0.15, 0.2) is 48.5 Å². The van der Waals surface area contributed by atoms with Gasteiger partial charge in [-0.25, -0.2) is 4.79 Å². The van der Waals surface area contributed by atoms with Crippen molar-refractivity contribution in [3.8, 4) is 0 Å². The van der Waals surface area contributed by atoms with Gasteiger partial charge < -0.3 is 10.1 Å². The number of Topliss-reactive ketones (excluding diaryl/α,β-unsaturated/α-hetero) is 1. The second-order valence-corrected chi connectivity index (χ2v) is 7.50. The van der Waals surface area contributed by atoms with E-state index in [0.29, 0.717) is 16.8 Å². The number of ether oxygens (including phenoxy) is 1. The van der Waals surface area contributed by atoms with Crippen LogP contribution in [0.3, 0.4) is 0 Å². The lowest BCUT2D eigenvalue weighted by Gasteiger charge is -2.19. The van der Waals surface area contributed by atoms with Crippen LogP contribution < -0.4 is 5.32 Å². The van der Waals surface area contributed by atoms with E-state index >= 15 is 0 Å². The van der Waals surface area contributed by atoms with Crippen LogP contribution in [0.2, 0.25) is 0 Å². The predicted molar refractivity (Wildman–Crippen MR) is 105 cm³/mol. The van der Waals surface area contributed by atoms with E-state index in [1.807, 2.05) is 12.1 Å². The van der Waals surface area contributed by atoms with Crippen molar-refractivity contribution in [2.75, 3.05) is 5.32 Å². The molecule has 0 aliphatic rings. The Balaban J connectivity index is 1.97. The lowest BCUT2D eigenvalue weighted by atomic mass is 9.87. The molecule has 0 unspecified atom stereocenters. The summed E-state index contributed by atoms with van der Waals surface area (Å²) in [5.74, 6) is -1.04. The first-order chi connectivity index (χ1) is 12.6. The fourth-order valence-corrected chi connectivity index (χ4v) is 2.42. The van der Waals surface area contributed by atoms with Crippen LogP contribution in [-0.2, 0) is 14.9 Å². The third-order valence-corrected chi connectivity index (χ3v) is 4.20. The highest BCUT2D eigenvalue weighted by molar-refractivity contribution is 5.98. The maximum Gasteiger partial charge on any atom is 0.338 e. The Morgan fingerprint density at radius 3 is 1.89 bits per heavy atom. The molecule has 0 radical (unpaired) electrons. The maximum absolute atomic E-state index is 12.3. The molecule has 1 atom stereocenters. The Morgan fingerprint density at radius 1 is 0.889 bits per heavy atom. The summed E-state index contributed by atoms with van der Waals surface area (Å²) < 4.78 is 5.25. The molecule has 5 heteroatoms. The minimum Gasteiger partial charge on any atom is -0.449 e. The largest absolute Gasteiger partial charge is 0.449 e. The minimum atomic E-state index is -0.952. The molecule has 142 valence electrons. The second kappa shape index (κ2) is 8.16. The van der Waals surface area contributed by atoms with Crippen LogP contribution in [0.5, 0.6) is 0 Å². The molecule has 0 fully saturated rings. The van der Waals surface area contributed by atoms with Crippen molar-refractivity contribution >= 4 is 23.3 Å². The molecule has 1 amide bonds. The smallest absolute Gasteiger partial charge is 0.338 e. The van der Waals surface area contributed by atoms with E-state index in [1.54, 1.807) is 36.4 Å². The zero-order valence-electron chi connectivity index (χ0n) is 16.3. The Labute approximate surface area is 159 Å². The van der Waals surface area contributed by atoms with Gasteiger partial charge in [-0.15, -0.1) is 0 Å². The monoisotopic (exact) mass is 367 g/mol. The predicted octanol–water partition coefficient (Wildman–Crippen LogP) is 4.37. The highest BCUT2D eigenvalue weighted by atomic mass is 16.5. The van der Waals surface area contributed by atoms with Gasteiger partial charge in [-0.2, -0.15) is 0 Å². The zero-order valence-corrected chi connectivity index (χ0v) is 16.3. The van der Waals surface area contributed by atoms with Crippen LogP contribution in [0, 0.1) is 0 Å². The molecule has 0 saturated carbocycles. The van der Waals surface area contributed by atoms with Gasteiger partial charge >= 0.3 is 5.97 Å². The molecule has 0 heterocycles. The highest BCUT2D eigenvalue weighted by Crippen LogP contribution is 2.22. The van der Waals surface area contributed by atoms with Gasteiger partial charge in [-0.1, -0.05) is 32.9 Å². The molecule has 2 aromatic rings. The number of nitrogens with one attached hydrogen (secondary N) is 1. The van der Waals surface area contributed by atoms with Gasteiger partial charge in [0.25, 0.3) is 5.91 Å². The van der Waals surface area contributed by atoms with E-state index < -0.39 is 18.0 Å². The first-order valence-electron chi connectivity index (χ1n) is 8.81. The third-order valence-electron chi connectivity index (χ3n) is 4.20. The van der Waals surface area contributed by atoms with Crippen LogP contribution >= 0.6 is 0 Å². The van der Waals surface area contributed by atoms with E-state index in [-0.39, 0.29) is 11.2 Å². The summed E-state index contributed by atoms with van der Waals surface area (Å²) in [5.41, 5.74) is 2.59. The summed E-state index contributed by atoms with van der Waals surface area (Å²) in [4.78, 5) is 35.8. The van der Waals surface area contributed by atoms with Gasteiger partial charge in [0.1, 0.15) is 0 Å². The lowest BCUT2D eigenvalue weighted by Crippen LogP contribution is -2.30. The van der Waals surface area contributed by atoms with Crippen molar-refractivity contribution in [1.82, 2.24) is 0 Å². The fraction of sp³-hybridized carbons (Fsp3) is 0.318. The third kappa shape index (κ3) is 5.51. The van der Waals surface area contributed by atoms with E-state index in [0.717, 1.165) is 5.56 Å². The topological polar surface area (TPSA) is 72.5 Å². The number of carbonyl (C=O) groups excluding carboxylic acids is 3. The van der Waals surface area contributed by atoms with Gasteiger partial charge in [-0.05, 0) is 61.2 Å². The molecule has 0 aliphatic carbocycles. The van der Waals surface area contributed by atoms with Gasteiger partial charge in [-0.3, -0.25) is 9.59 Å². The zero-order chi connectivity index (χ0) is 20.2. The van der Waals surface area contributed by atoms with Crippen LogP contribution in [0.1, 0.15) is 60.9 Å². The number of esters is 1. The number of hydrogen-bond acceptors (Lipinski definition) is 4. The molecule has 2 rings (SSSR count). The van der Waals surface area contributed by atoms with Crippen LogP contribution in [-0.4, -0.2) is 23.8 Å². The molecule has 0 aliphatic heterocycles. The number of amides is 1. The van der Waals surface area contributed by atoms with Gasteiger partial charge in [0.2, 0.25) is 0 Å². The van der Waals surface area contributed by atoms with E-state index in [1.165, 1.54) is 13.8 Å². The Morgan fingerprint density at radius 2 is 1.41 bits per heavy atom. The van der Waals surface area contributed by atoms with E-state index in [9.17, 15) is 14.4 Å². The van der Waals surface area contributed by atoms with Crippen molar-refractivity contribution in [3.63, 3.8) is 0 Å². The van der Waals surface area contributed by atoms with Crippen LogP contribution in [0.25, 0.3) is 0 Å². The summed E-state index contributed by atoms with van der Waals surface area (Å²) in [6.45, 7) is 9.27. The number of benzene rings is 2. The van der Waals surface area contributed by atoms with Crippen molar-refractivity contribution in [1.29, 1.82) is 0 Å². The molecule has 2 aromatic carbocycles. The lowest BCUT2D eigenvalue weighted by molar-refractivity contribution is -0.123. The molecule has 0 bridgehead atoms. The molecule has 1 N–H and O–H groups in total. The quantitative estimate of drug-likeness (QED) is 0.629. The average Bonchev–Trinajstić information content (AvgIpc) is 2.61. The standard InChI is InChI=1S/C22H25NO4/c1-14(24)16-8-12-19(13-9-16)23-20(25)15(2)27-21(26)17-6-10-18(11-7-17)22(3,4)5/h6-13,15H,1-5H3,(H,23,25)/t15-/m0/s1. The highest BCUT2D eigenvalue weighted by Gasteiger charge is 2.20. The second-order valence-electron chi connectivity index (χ2n) is 7.50. The average molecular weight is 367 g/mol. The van der Waals surface area contributed by atoms with Gasteiger partial charge in [0.15, 0.2) is 11.9 Å². The Hall–Kier alpha value is -2.95. The SMILES string of the molecule is CC(=O)c1ccc(NC(=O)[C@H](C)OC(=O)c2ccc(C(C)(C)C)cc2)cc1. The Bertz CT molecular complexity index is 830. The van der Waals surface area contributed by atoms with Crippen molar-refractivity contribution in [2.45, 2.75) is 46.1 Å². The fourth-order valence-electron chi connectivity index (χ4n) is 2.42. The number of carbonyl (C=O) groups is 3. The summed E-state index contributed by atoms with van der Waals surface area (Å²) >= 11 is 0. The number of anilines is 1. The molecule has 0 aromatic heterocycles. The number of hydrogen-bond donors (Lipinski definition) is 1. The van der Waals surface area contributed by atoms with Crippen molar-refractivity contribution in [3.05, 3.63) is 65.2 Å². The molecule has 0 saturated heterocycles. The summed E-state index contributed by atoms with van der Waals surface area (Å²) in [7, 11) is 0. The van der Waals surface area contributed by atoms with Crippen molar-refractivity contribution in [2.24, 2.45) is 0 Å². The Kier molecular flexibility index (Phi) is 6.16. The molecule has 5 nitrogen and oxygen atoms in total. The summed E-state index contributed by atoms with van der Waals surface area (Å²) in [6.07, 6.45) is -0.952. The number of rotatable bonds is 5. The molecular formula is C22H25NO4. The molecule has 27 heavy (non-hydrogen) atoms. The summed E-state index contributed by atoms with van der Waals surface area (Å²) in [5, 5.41) is 2.67.